The minimum absolute atomic E-state index is 0.901. The standard InChI is InChI=1S/C28H17N3S/c1-2-9-18(10-3-1)21-13-8-16-25(30-21)31-22-14-6-4-11-19(22)26-23(31)17-29-28-27(26)20-12-5-7-15-24(20)32-28/h1-17H. The number of thiophene rings is 1. The maximum Gasteiger partial charge on any atom is 0.138 e. The van der Waals surface area contributed by atoms with Crippen LogP contribution < -0.4 is 0 Å². The van der Waals surface area contributed by atoms with Gasteiger partial charge in [0.05, 0.1) is 22.9 Å². The molecule has 0 radical (unpaired) electrons. The summed E-state index contributed by atoms with van der Waals surface area (Å²) in [4.78, 5) is 11.0. The summed E-state index contributed by atoms with van der Waals surface area (Å²) in [5.41, 5.74) is 4.30. The molecule has 150 valence electrons. The number of fused-ring (bicyclic) bond motifs is 7. The average Bonchev–Trinajstić information content (AvgIpc) is 3.40. The fourth-order valence-corrected chi connectivity index (χ4v) is 5.75. The van der Waals surface area contributed by atoms with Crippen LogP contribution in [0.3, 0.4) is 0 Å². The zero-order valence-corrected chi connectivity index (χ0v) is 17.9. The second-order valence-electron chi connectivity index (χ2n) is 7.90. The number of pyridine rings is 2. The quantitative estimate of drug-likeness (QED) is 0.284. The van der Waals surface area contributed by atoms with Gasteiger partial charge in [-0.15, -0.1) is 11.3 Å². The Labute approximate surface area is 188 Å². The minimum Gasteiger partial charge on any atom is -0.292 e. The Morgan fingerprint density at radius 3 is 2.31 bits per heavy atom. The van der Waals surface area contributed by atoms with Crippen molar-refractivity contribution in [2.75, 3.05) is 0 Å². The number of nitrogens with zero attached hydrogens (tertiary/aromatic N) is 3. The SMILES string of the molecule is c1ccc(-c2cccc(-n3c4ccccc4c4c5c(ncc43)sc3ccccc35)n2)cc1. The Balaban J connectivity index is 1.61. The molecule has 0 aliphatic heterocycles. The molecule has 7 rings (SSSR count). The summed E-state index contributed by atoms with van der Waals surface area (Å²) < 4.78 is 3.51. The summed E-state index contributed by atoms with van der Waals surface area (Å²) in [5.74, 6) is 0.901. The third-order valence-electron chi connectivity index (χ3n) is 6.08. The fourth-order valence-electron chi connectivity index (χ4n) is 4.69. The van der Waals surface area contributed by atoms with E-state index in [2.05, 4.69) is 83.4 Å². The maximum absolute atomic E-state index is 5.05. The second kappa shape index (κ2) is 6.74. The summed E-state index contributed by atoms with van der Waals surface area (Å²) in [6.07, 6.45) is 2.00. The molecule has 3 nitrogen and oxygen atoms in total. The third kappa shape index (κ3) is 2.47. The molecule has 0 bridgehead atoms. The van der Waals surface area contributed by atoms with Crippen molar-refractivity contribution in [1.29, 1.82) is 0 Å². The van der Waals surface area contributed by atoms with Gasteiger partial charge < -0.3 is 0 Å². The van der Waals surface area contributed by atoms with E-state index in [4.69, 9.17) is 9.97 Å². The number of benzene rings is 3. The molecule has 4 heterocycles. The van der Waals surface area contributed by atoms with E-state index in [0.717, 1.165) is 32.9 Å². The van der Waals surface area contributed by atoms with Crippen LogP contribution in [0.15, 0.2) is 103 Å². The normalized spacial score (nSPS) is 11.8. The van der Waals surface area contributed by atoms with Crippen LogP contribution in [0.2, 0.25) is 0 Å². The Morgan fingerprint density at radius 2 is 1.41 bits per heavy atom. The van der Waals surface area contributed by atoms with Crippen molar-refractivity contribution in [1.82, 2.24) is 14.5 Å². The molecule has 0 saturated carbocycles. The van der Waals surface area contributed by atoms with Gasteiger partial charge in [-0.3, -0.25) is 4.57 Å². The van der Waals surface area contributed by atoms with E-state index in [9.17, 15) is 0 Å². The smallest absolute Gasteiger partial charge is 0.138 e. The topological polar surface area (TPSA) is 30.7 Å². The molecule has 4 heteroatoms. The Kier molecular flexibility index (Phi) is 3.72. The summed E-state index contributed by atoms with van der Waals surface area (Å²) in [7, 11) is 0. The number of para-hydroxylation sites is 1. The highest BCUT2D eigenvalue weighted by Crippen LogP contribution is 2.41. The van der Waals surface area contributed by atoms with Gasteiger partial charge in [0.2, 0.25) is 0 Å². The molecule has 4 aromatic heterocycles. The van der Waals surface area contributed by atoms with Gasteiger partial charge in [-0.25, -0.2) is 9.97 Å². The lowest BCUT2D eigenvalue weighted by Crippen LogP contribution is -1.98. The maximum atomic E-state index is 5.05. The van der Waals surface area contributed by atoms with Gasteiger partial charge in [0.25, 0.3) is 0 Å². The van der Waals surface area contributed by atoms with Crippen LogP contribution in [0.1, 0.15) is 0 Å². The molecule has 0 N–H and O–H groups in total. The fraction of sp³-hybridized carbons (Fsp3) is 0. The molecule has 0 spiro atoms. The highest BCUT2D eigenvalue weighted by atomic mass is 32.1. The van der Waals surface area contributed by atoms with Gasteiger partial charge in [-0.2, -0.15) is 0 Å². The minimum atomic E-state index is 0.901. The molecule has 0 saturated heterocycles. The first-order valence-corrected chi connectivity index (χ1v) is 11.4. The highest BCUT2D eigenvalue weighted by molar-refractivity contribution is 7.25. The first kappa shape index (κ1) is 17.6. The van der Waals surface area contributed by atoms with Crippen LogP contribution >= 0.6 is 11.3 Å². The molecule has 0 aliphatic rings. The molecule has 7 aromatic rings. The van der Waals surface area contributed by atoms with Crippen molar-refractivity contribution in [3.05, 3.63) is 103 Å². The van der Waals surface area contributed by atoms with E-state index in [1.807, 2.05) is 24.4 Å². The summed E-state index contributed by atoms with van der Waals surface area (Å²) in [6.45, 7) is 0. The van der Waals surface area contributed by atoms with Crippen molar-refractivity contribution in [3.63, 3.8) is 0 Å². The molecule has 3 aromatic carbocycles. The van der Waals surface area contributed by atoms with E-state index >= 15 is 0 Å². The van der Waals surface area contributed by atoms with Gasteiger partial charge in [0, 0.05) is 31.8 Å². The molecule has 0 amide bonds. The van der Waals surface area contributed by atoms with Gasteiger partial charge in [-0.05, 0) is 24.3 Å². The van der Waals surface area contributed by atoms with Crippen LogP contribution in [0, 0.1) is 0 Å². The molecule has 0 aliphatic carbocycles. The van der Waals surface area contributed by atoms with Crippen molar-refractivity contribution in [3.8, 4) is 17.1 Å². The van der Waals surface area contributed by atoms with Crippen LogP contribution in [0.5, 0.6) is 0 Å². The van der Waals surface area contributed by atoms with E-state index in [0.29, 0.717) is 0 Å². The van der Waals surface area contributed by atoms with Crippen LogP contribution in [0.25, 0.3) is 59.2 Å². The number of aromatic nitrogens is 3. The van der Waals surface area contributed by atoms with Crippen molar-refractivity contribution in [2.45, 2.75) is 0 Å². The lowest BCUT2D eigenvalue weighted by Gasteiger charge is -2.09. The van der Waals surface area contributed by atoms with E-state index in [1.165, 1.54) is 26.2 Å². The molecular formula is C28H17N3S. The number of hydrogen-bond donors (Lipinski definition) is 0. The van der Waals surface area contributed by atoms with Crippen LogP contribution in [0.4, 0.5) is 0 Å². The van der Waals surface area contributed by atoms with Crippen LogP contribution in [-0.4, -0.2) is 14.5 Å². The van der Waals surface area contributed by atoms with Gasteiger partial charge in [0.15, 0.2) is 0 Å². The van der Waals surface area contributed by atoms with Crippen molar-refractivity contribution < 1.29 is 0 Å². The summed E-state index contributed by atoms with van der Waals surface area (Å²) in [5, 5.41) is 4.97. The first-order chi connectivity index (χ1) is 15.9. The highest BCUT2D eigenvalue weighted by Gasteiger charge is 2.18. The predicted molar refractivity (Wildman–Crippen MR) is 135 cm³/mol. The number of rotatable bonds is 2. The first-order valence-electron chi connectivity index (χ1n) is 10.6. The van der Waals surface area contributed by atoms with Gasteiger partial charge in [-0.1, -0.05) is 72.8 Å². The summed E-state index contributed by atoms with van der Waals surface area (Å²) in [6, 6.07) is 33.7. The molecule has 0 atom stereocenters. The predicted octanol–water partition coefficient (Wildman–Crippen LogP) is 7.61. The molecule has 32 heavy (non-hydrogen) atoms. The molecule has 0 fully saturated rings. The Bertz CT molecular complexity index is 1780. The average molecular weight is 428 g/mol. The summed E-state index contributed by atoms with van der Waals surface area (Å²) >= 11 is 1.75. The van der Waals surface area contributed by atoms with Crippen molar-refractivity contribution >= 4 is 53.4 Å². The molecular weight excluding hydrogens is 410 g/mol. The molecule has 0 unspecified atom stereocenters. The third-order valence-corrected chi connectivity index (χ3v) is 7.15. The Hall–Kier alpha value is -4.02. The van der Waals surface area contributed by atoms with E-state index in [1.54, 1.807) is 11.3 Å². The second-order valence-corrected chi connectivity index (χ2v) is 8.93. The zero-order valence-electron chi connectivity index (χ0n) is 17.1. The lowest BCUT2D eigenvalue weighted by atomic mass is 10.1. The van der Waals surface area contributed by atoms with Gasteiger partial charge >= 0.3 is 0 Å². The zero-order chi connectivity index (χ0) is 21.1. The Morgan fingerprint density at radius 1 is 0.625 bits per heavy atom. The lowest BCUT2D eigenvalue weighted by molar-refractivity contribution is 1.08. The monoisotopic (exact) mass is 427 g/mol. The van der Waals surface area contributed by atoms with Crippen molar-refractivity contribution in [2.24, 2.45) is 0 Å². The number of hydrogen-bond acceptors (Lipinski definition) is 3. The van der Waals surface area contributed by atoms with E-state index in [-0.39, 0.29) is 0 Å². The van der Waals surface area contributed by atoms with Gasteiger partial charge in [0.1, 0.15) is 10.6 Å². The van der Waals surface area contributed by atoms with E-state index < -0.39 is 0 Å². The largest absolute Gasteiger partial charge is 0.292 e. The van der Waals surface area contributed by atoms with Crippen LogP contribution in [-0.2, 0) is 0 Å².